The summed E-state index contributed by atoms with van der Waals surface area (Å²) in [4.78, 5) is 29.8. The van der Waals surface area contributed by atoms with Crippen LogP contribution in [-0.4, -0.2) is 61.1 Å². The molecule has 3 fully saturated rings. The van der Waals surface area contributed by atoms with Gasteiger partial charge in [-0.1, -0.05) is 12.1 Å². The number of nitrogens with zero attached hydrogens (tertiary/aromatic N) is 2. The molecule has 226 valence electrons. The lowest BCUT2D eigenvalue weighted by atomic mass is 9.80. The second-order valence-corrected chi connectivity index (χ2v) is 13.2. The lowest BCUT2D eigenvalue weighted by molar-refractivity contribution is -0.350. The lowest BCUT2D eigenvalue weighted by Crippen LogP contribution is -2.56. The third-order valence-electron chi connectivity index (χ3n) is 8.89. The average Bonchev–Trinajstić information content (AvgIpc) is 3.49. The van der Waals surface area contributed by atoms with E-state index in [0.717, 1.165) is 18.2 Å². The predicted molar refractivity (Wildman–Crippen MR) is 126 cm³/mol. The van der Waals surface area contributed by atoms with Crippen molar-refractivity contribution in [2.45, 2.75) is 65.4 Å². The fourth-order valence-corrected chi connectivity index (χ4v) is 9.18. The molecule has 1 N–H and O–H groups in total. The van der Waals surface area contributed by atoms with Gasteiger partial charge in [0.15, 0.2) is 9.84 Å². The van der Waals surface area contributed by atoms with Crippen LogP contribution in [0.2, 0.25) is 0 Å². The predicted octanol–water partition coefficient (Wildman–Crippen LogP) is 3.86. The number of amides is 2. The zero-order chi connectivity index (χ0) is 30.6. The third-order valence-corrected chi connectivity index (χ3v) is 11.4. The molecule has 3 heterocycles. The van der Waals surface area contributed by atoms with Gasteiger partial charge in [0.25, 0.3) is 0 Å². The number of rotatable bonds is 4. The van der Waals surface area contributed by atoms with Crippen LogP contribution in [-0.2, 0) is 36.3 Å². The van der Waals surface area contributed by atoms with Crippen LogP contribution in [0.1, 0.15) is 36.2 Å². The summed E-state index contributed by atoms with van der Waals surface area (Å²) < 4.78 is 136. The Morgan fingerprint density at radius 1 is 1.05 bits per heavy atom. The van der Waals surface area contributed by atoms with Gasteiger partial charge in [-0.3, -0.25) is 14.6 Å². The Morgan fingerprint density at radius 3 is 2.31 bits per heavy atom. The molecular formula is C26H21F8N3O4S. The van der Waals surface area contributed by atoms with Crippen molar-refractivity contribution in [3.8, 4) is 0 Å². The van der Waals surface area contributed by atoms with Crippen molar-refractivity contribution in [1.82, 2.24) is 15.2 Å². The number of aryl methyl sites for hydroxylation is 1. The van der Waals surface area contributed by atoms with Crippen molar-refractivity contribution in [2.24, 2.45) is 11.8 Å². The number of nitrogens with one attached hydrogen (secondary N) is 1. The van der Waals surface area contributed by atoms with E-state index < -0.39 is 72.7 Å². The second-order valence-electron chi connectivity index (χ2n) is 11.0. The molecule has 16 heteroatoms. The number of carbonyl (C=O) groups is 2. The molecule has 2 amide bonds. The molecule has 1 saturated carbocycles. The summed E-state index contributed by atoms with van der Waals surface area (Å²) in [6.07, 6.45) is -13.4. The molecule has 6 rings (SSSR count). The molecule has 2 aliphatic heterocycles. The number of piperidine rings is 1. The van der Waals surface area contributed by atoms with Crippen LogP contribution < -0.4 is 5.32 Å². The molecule has 42 heavy (non-hydrogen) atoms. The number of benzene rings is 1. The van der Waals surface area contributed by atoms with Gasteiger partial charge in [-0.25, -0.2) is 17.2 Å². The van der Waals surface area contributed by atoms with Crippen molar-refractivity contribution < 1.29 is 53.1 Å². The Balaban J connectivity index is 1.50. The quantitative estimate of drug-likeness (QED) is 0.523. The summed E-state index contributed by atoms with van der Waals surface area (Å²) in [5.74, 6) is -2.42. The molecular weight excluding hydrogens is 602 g/mol. The Hall–Kier alpha value is -3.30. The maximum Gasteiger partial charge on any atom is 0.437 e. The normalized spacial score (nSPS) is 29.0. The monoisotopic (exact) mass is 623 g/mol. The molecule has 1 aromatic heterocycles. The van der Waals surface area contributed by atoms with Gasteiger partial charge in [0.1, 0.15) is 16.6 Å². The zero-order valence-electron chi connectivity index (χ0n) is 21.3. The molecule has 0 radical (unpaired) electrons. The summed E-state index contributed by atoms with van der Waals surface area (Å²) in [5.41, 5.74) is -8.64. The van der Waals surface area contributed by atoms with Gasteiger partial charge in [0.2, 0.25) is 11.8 Å². The van der Waals surface area contributed by atoms with Gasteiger partial charge in [0, 0.05) is 24.1 Å². The SMILES string of the molecule is O=C1N[C@H](C(=O)N2CC[C@@]3(S(=O)(=O)c4cccc(F)c4)c4ccc(C(F)(C(F)(F)F)C(F)(F)F)nc4CC[C@@H]23)[C@H]2C[C@@H]12. The van der Waals surface area contributed by atoms with Crippen molar-refractivity contribution in [2.75, 3.05) is 6.54 Å². The van der Waals surface area contributed by atoms with Gasteiger partial charge >= 0.3 is 18.0 Å². The van der Waals surface area contributed by atoms with Crippen molar-refractivity contribution in [3.63, 3.8) is 0 Å². The first-order valence-electron chi connectivity index (χ1n) is 12.9. The number of carbonyl (C=O) groups excluding carboxylic acids is 2. The lowest BCUT2D eigenvalue weighted by Gasteiger charge is -2.43. The van der Waals surface area contributed by atoms with E-state index in [9.17, 15) is 53.1 Å². The maximum atomic E-state index is 14.9. The molecule has 2 aliphatic carbocycles. The van der Waals surface area contributed by atoms with E-state index in [1.807, 2.05) is 0 Å². The fourth-order valence-electron chi connectivity index (χ4n) is 6.80. The van der Waals surface area contributed by atoms with Crippen LogP contribution in [0.5, 0.6) is 0 Å². The van der Waals surface area contributed by atoms with Gasteiger partial charge in [-0.15, -0.1) is 0 Å². The Kier molecular flexibility index (Phi) is 6.08. The number of alkyl halides is 7. The van der Waals surface area contributed by atoms with Crippen molar-refractivity contribution >= 4 is 21.7 Å². The minimum Gasteiger partial charge on any atom is -0.344 e. The molecule has 1 aromatic carbocycles. The maximum absolute atomic E-state index is 14.9. The standard InChI is InChI=1S/C26H21F8N3O4S/c27-12-2-1-3-13(10-12)42(40,41)23-8-9-37(22(39)20-14-11-15(14)21(38)36-20)19(23)7-5-17-16(23)4-6-18(35-17)24(28,25(29,30)31)26(32,33)34/h1-4,6,10,14-15,19-20H,5,7-9,11H2,(H,36,38)/t14-,15+,19+,20-,23+/m0/s1. The summed E-state index contributed by atoms with van der Waals surface area (Å²) in [7, 11) is -4.70. The number of pyridine rings is 1. The number of fused-ring (bicyclic) bond motifs is 4. The Labute approximate surface area is 233 Å². The largest absolute Gasteiger partial charge is 0.437 e. The van der Waals surface area contributed by atoms with E-state index >= 15 is 0 Å². The summed E-state index contributed by atoms with van der Waals surface area (Å²) in [6.45, 7) is -0.193. The number of likely N-dealkylation sites (tertiary alicyclic amines) is 1. The smallest absolute Gasteiger partial charge is 0.344 e. The van der Waals surface area contributed by atoms with Crippen LogP contribution in [0, 0.1) is 17.7 Å². The van der Waals surface area contributed by atoms with Crippen LogP contribution in [0.25, 0.3) is 0 Å². The first-order chi connectivity index (χ1) is 19.4. The minimum atomic E-state index is -6.43. The molecule has 0 bridgehead atoms. The van der Waals surface area contributed by atoms with Crippen molar-refractivity contribution in [3.05, 3.63) is 59.2 Å². The highest BCUT2D eigenvalue weighted by atomic mass is 32.2. The van der Waals surface area contributed by atoms with E-state index in [-0.39, 0.29) is 55.2 Å². The summed E-state index contributed by atoms with van der Waals surface area (Å²) >= 11 is 0. The van der Waals surface area contributed by atoms with Crippen LogP contribution in [0.4, 0.5) is 35.1 Å². The van der Waals surface area contributed by atoms with E-state index in [2.05, 4.69) is 10.3 Å². The average molecular weight is 624 g/mol. The molecule has 0 unspecified atom stereocenters. The fraction of sp³-hybridized carbons (Fsp3) is 0.500. The van der Waals surface area contributed by atoms with Crippen LogP contribution >= 0.6 is 0 Å². The highest BCUT2D eigenvalue weighted by molar-refractivity contribution is 7.92. The number of aromatic nitrogens is 1. The molecule has 4 aliphatic rings. The van der Waals surface area contributed by atoms with E-state index in [1.165, 1.54) is 4.90 Å². The highest BCUT2D eigenvalue weighted by Gasteiger charge is 2.75. The summed E-state index contributed by atoms with van der Waals surface area (Å²) in [5, 5.41) is 2.59. The first-order valence-corrected chi connectivity index (χ1v) is 14.4. The number of hydrogen-bond donors (Lipinski definition) is 1. The van der Waals surface area contributed by atoms with Crippen LogP contribution in [0.3, 0.4) is 0 Å². The molecule has 5 atom stereocenters. The molecule has 0 spiro atoms. The van der Waals surface area contributed by atoms with Gasteiger partial charge in [-0.05, 0) is 55.5 Å². The van der Waals surface area contributed by atoms with Gasteiger partial charge < -0.3 is 10.2 Å². The topological polar surface area (TPSA) is 96.4 Å². The van der Waals surface area contributed by atoms with Gasteiger partial charge in [0.05, 0.1) is 16.6 Å². The van der Waals surface area contributed by atoms with E-state index in [1.54, 1.807) is 0 Å². The molecule has 2 aromatic rings. The molecule has 2 saturated heterocycles. The highest BCUT2D eigenvalue weighted by Crippen LogP contribution is 2.56. The number of halogens is 8. The van der Waals surface area contributed by atoms with Crippen molar-refractivity contribution in [1.29, 1.82) is 0 Å². The van der Waals surface area contributed by atoms with Crippen LogP contribution in [0.15, 0.2) is 41.3 Å². The summed E-state index contributed by atoms with van der Waals surface area (Å²) in [6, 6.07) is 2.62. The number of sulfone groups is 1. The van der Waals surface area contributed by atoms with E-state index in [0.29, 0.717) is 18.6 Å². The zero-order valence-corrected chi connectivity index (χ0v) is 22.1. The second kappa shape index (κ2) is 8.86. The molecule has 7 nitrogen and oxygen atoms in total. The third kappa shape index (κ3) is 3.75. The minimum absolute atomic E-state index is 0.154. The number of hydrogen-bond acceptors (Lipinski definition) is 5. The van der Waals surface area contributed by atoms with E-state index in [4.69, 9.17) is 0 Å². The first kappa shape index (κ1) is 28.8. The Morgan fingerprint density at radius 2 is 1.74 bits per heavy atom. The Bertz CT molecular complexity index is 1600. The van der Waals surface area contributed by atoms with Gasteiger partial charge in [-0.2, -0.15) is 26.3 Å².